The lowest BCUT2D eigenvalue weighted by Crippen LogP contribution is -2.30. The largest absolute Gasteiger partial charge is 0.286 e. The quantitative estimate of drug-likeness (QED) is 0.715. The van der Waals surface area contributed by atoms with E-state index in [-0.39, 0.29) is 0 Å². The number of aryl methyl sites for hydroxylation is 2. The fraction of sp³-hybridized carbons (Fsp3) is 0.583. The average molecular weight is 222 g/mol. The Hall–Kier alpha value is -0.670. The Kier molecular flexibility index (Phi) is 2.94. The Balaban J connectivity index is 2.30. The van der Waals surface area contributed by atoms with Crippen LogP contribution < -0.4 is 0 Å². The highest BCUT2D eigenvalue weighted by atomic mass is 32.1. The monoisotopic (exact) mass is 222 g/mol. The van der Waals surface area contributed by atoms with Gasteiger partial charge < -0.3 is 0 Å². The maximum Gasteiger partial charge on any atom is 0.0900 e. The van der Waals surface area contributed by atoms with E-state index in [2.05, 4.69) is 49.7 Å². The molecule has 1 unspecified atom stereocenters. The average Bonchev–Trinajstić information content (AvgIpc) is 2.71. The molecule has 0 fully saturated rings. The van der Waals surface area contributed by atoms with Gasteiger partial charge in [-0.25, -0.2) is 4.98 Å². The van der Waals surface area contributed by atoms with Gasteiger partial charge in [-0.1, -0.05) is 12.2 Å². The van der Waals surface area contributed by atoms with Crippen LogP contribution in [0.1, 0.15) is 35.5 Å². The summed E-state index contributed by atoms with van der Waals surface area (Å²) >= 11 is 1.83. The number of hydrogen-bond donors (Lipinski definition) is 0. The molecule has 1 aliphatic heterocycles. The summed E-state index contributed by atoms with van der Waals surface area (Å²) < 4.78 is 0. The summed E-state index contributed by atoms with van der Waals surface area (Å²) in [5.74, 6) is 0. The molecule has 0 spiro atoms. The van der Waals surface area contributed by atoms with Crippen molar-refractivity contribution < 1.29 is 0 Å². The fourth-order valence-corrected chi connectivity index (χ4v) is 3.16. The lowest BCUT2D eigenvalue weighted by Gasteiger charge is -2.27. The van der Waals surface area contributed by atoms with E-state index in [9.17, 15) is 0 Å². The van der Waals surface area contributed by atoms with Gasteiger partial charge in [0, 0.05) is 17.5 Å². The van der Waals surface area contributed by atoms with Crippen LogP contribution in [0.4, 0.5) is 0 Å². The molecular formula is C12H18N2S. The van der Waals surface area contributed by atoms with Crippen molar-refractivity contribution in [2.45, 2.75) is 39.8 Å². The second-order valence-electron chi connectivity index (χ2n) is 4.35. The van der Waals surface area contributed by atoms with E-state index in [1.807, 2.05) is 11.3 Å². The molecule has 2 nitrogen and oxygen atoms in total. The van der Waals surface area contributed by atoms with Crippen LogP contribution in [0.15, 0.2) is 12.2 Å². The number of hydrogen-bond acceptors (Lipinski definition) is 3. The summed E-state index contributed by atoms with van der Waals surface area (Å²) in [5, 5.41) is 1.17. The summed E-state index contributed by atoms with van der Waals surface area (Å²) in [7, 11) is 0. The Morgan fingerprint density at radius 2 is 2.20 bits per heavy atom. The molecule has 15 heavy (non-hydrogen) atoms. The number of aromatic nitrogens is 1. The predicted molar refractivity (Wildman–Crippen MR) is 65.3 cm³/mol. The van der Waals surface area contributed by atoms with Crippen molar-refractivity contribution in [2.75, 3.05) is 6.54 Å². The van der Waals surface area contributed by atoms with Crippen LogP contribution in [-0.4, -0.2) is 22.5 Å². The second-order valence-corrected chi connectivity index (χ2v) is 5.58. The Bertz CT molecular complexity index is 379. The van der Waals surface area contributed by atoms with Crippen LogP contribution in [0.5, 0.6) is 0 Å². The molecule has 0 aromatic carbocycles. The molecule has 82 valence electrons. The zero-order valence-electron chi connectivity index (χ0n) is 9.82. The maximum atomic E-state index is 4.51. The van der Waals surface area contributed by atoms with Crippen molar-refractivity contribution in [1.82, 2.24) is 9.88 Å². The highest BCUT2D eigenvalue weighted by Crippen LogP contribution is 2.34. The molecule has 0 amide bonds. The van der Waals surface area contributed by atoms with Crippen molar-refractivity contribution in [3.63, 3.8) is 0 Å². The van der Waals surface area contributed by atoms with E-state index in [0.717, 1.165) is 6.54 Å². The summed E-state index contributed by atoms with van der Waals surface area (Å²) in [4.78, 5) is 8.42. The minimum atomic E-state index is 0.455. The lowest BCUT2D eigenvalue weighted by molar-refractivity contribution is 0.223. The molecule has 1 aromatic rings. The van der Waals surface area contributed by atoms with E-state index < -0.39 is 0 Å². The van der Waals surface area contributed by atoms with Gasteiger partial charge in [-0.3, -0.25) is 4.90 Å². The third kappa shape index (κ3) is 1.99. The molecular weight excluding hydrogens is 204 g/mol. The van der Waals surface area contributed by atoms with Crippen molar-refractivity contribution >= 4 is 11.3 Å². The summed E-state index contributed by atoms with van der Waals surface area (Å²) in [6.45, 7) is 9.77. The molecule has 1 aliphatic rings. The maximum absolute atomic E-state index is 4.51. The van der Waals surface area contributed by atoms with E-state index in [0.29, 0.717) is 12.1 Å². The smallest absolute Gasteiger partial charge is 0.0900 e. The van der Waals surface area contributed by atoms with Crippen LogP contribution in [0.2, 0.25) is 0 Å². The fourth-order valence-electron chi connectivity index (χ4n) is 2.13. The van der Waals surface area contributed by atoms with Gasteiger partial charge in [0.05, 0.1) is 16.7 Å². The van der Waals surface area contributed by atoms with Crippen molar-refractivity contribution in [1.29, 1.82) is 0 Å². The van der Waals surface area contributed by atoms with E-state index >= 15 is 0 Å². The molecule has 1 atom stereocenters. The van der Waals surface area contributed by atoms with Gasteiger partial charge >= 0.3 is 0 Å². The third-order valence-corrected chi connectivity index (χ3v) is 4.01. The summed E-state index contributed by atoms with van der Waals surface area (Å²) in [6.07, 6.45) is 4.57. The number of nitrogens with zero attached hydrogens (tertiary/aromatic N) is 2. The van der Waals surface area contributed by atoms with Gasteiger partial charge in [0.15, 0.2) is 0 Å². The molecule has 0 aliphatic carbocycles. The van der Waals surface area contributed by atoms with Crippen LogP contribution in [0.25, 0.3) is 0 Å². The minimum absolute atomic E-state index is 0.455. The minimum Gasteiger partial charge on any atom is -0.286 e. The number of rotatable bonds is 2. The van der Waals surface area contributed by atoms with Gasteiger partial charge in [-0.2, -0.15) is 0 Å². The zero-order valence-corrected chi connectivity index (χ0v) is 10.6. The lowest BCUT2D eigenvalue weighted by atomic mass is 10.2. The van der Waals surface area contributed by atoms with Crippen molar-refractivity contribution in [3.8, 4) is 0 Å². The summed E-state index contributed by atoms with van der Waals surface area (Å²) in [5.41, 5.74) is 1.19. The molecule has 2 heterocycles. The van der Waals surface area contributed by atoms with Crippen LogP contribution in [-0.2, 0) is 0 Å². The first-order valence-electron chi connectivity index (χ1n) is 5.46. The van der Waals surface area contributed by atoms with Gasteiger partial charge in [0.25, 0.3) is 0 Å². The van der Waals surface area contributed by atoms with Gasteiger partial charge in [0.1, 0.15) is 0 Å². The second kappa shape index (κ2) is 4.06. The van der Waals surface area contributed by atoms with E-state index in [1.54, 1.807) is 0 Å². The van der Waals surface area contributed by atoms with Gasteiger partial charge in [-0.15, -0.1) is 11.3 Å². The van der Waals surface area contributed by atoms with Crippen molar-refractivity contribution in [3.05, 3.63) is 27.7 Å². The van der Waals surface area contributed by atoms with Crippen molar-refractivity contribution in [2.24, 2.45) is 0 Å². The van der Waals surface area contributed by atoms with Crippen LogP contribution in [0.3, 0.4) is 0 Å². The first-order valence-corrected chi connectivity index (χ1v) is 6.27. The van der Waals surface area contributed by atoms with E-state index in [1.165, 1.54) is 15.6 Å². The highest BCUT2D eigenvalue weighted by molar-refractivity contribution is 7.11. The van der Waals surface area contributed by atoms with E-state index in [4.69, 9.17) is 0 Å². The molecule has 0 bridgehead atoms. The molecule has 0 radical (unpaired) electrons. The normalized spacial score (nSPS) is 21.8. The highest BCUT2D eigenvalue weighted by Gasteiger charge is 2.26. The molecule has 1 aromatic heterocycles. The Morgan fingerprint density at radius 1 is 1.47 bits per heavy atom. The Labute approximate surface area is 95.6 Å². The standard InChI is InChI=1S/C12H18N2S/c1-8(2)14-7-5-6-11(14)12-9(3)13-10(4)15-12/h5-6,8,11H,7H2,1-4H3. The zero-order chi connectivity index (χ0) is 11.0. The molecule has 0 saturated heterocycles. The topological polar surface area (TPSA) is 16.1 Å². The SMILES string of the molecule is Cc1nc(C)c(C2C=CCN2C(C)C)s1. The van der Waals surface area contributed by atoms with Crippen LogP contribution in [0, 0.1) is 13.8 Å². The molecule has 0 saturated carbocycles. The first kappa shape index (κ1) is 10.8. The predicted octanol–water partition coefficient (Wildman–Crippen LogP) is 3.08. The molecule has 0 N–H and O–H groups in total. The molecule has 3 heteroatoms. The summed E-state index contributed by atoms with van der Waals surface area (Å²) in [6, 6.07) is 1.04. The third-order valence-electron chi connectivity index (χ3n) is 2.86. The van der Waals surface area contributed by atoms with Crippen LogP contribution >= 0.6 is 11.3 Å². The van der Waals surface area contributed by atoms with Gasteiger partial charge in [-0.05, 0) is 27.7 Å². The van der Waals surface area contributed by atoms with Gasteiger partial charge in [0.2, 0.25) is 0 Å². The number of thiazole rings is 1. The molecule has 2 rings (SSSR count). The first-order chi connectivity index (χ1) is 7.09. The Morgan fingerprint density at radius 3 is 2.73 bits per heavy atom.